The van der Waals surface area contributed by atoms with Crippen LogP contribution in [0.15, 0.2) is 18.3 Å². The van der Waals surface area contributed by atoms with Crippen molar-refractivity contribution in [1.29, 1.82) is 0 Å². The van der Waals surface area contributed by atoms with Crippen LogP contribution in [0.2, 0.25) is 0 Å². The fourth-order valence-corrected chi connectivity index (χ4v) is 1.87. The molecule has 0 aliphatic rings. The van der Waals surface area contributed by atoms with E-state index in [2.05, 4.69) is 0 Å². The highest BCUT2D eigenvalue weighted by Crippen LogP contribution is 2.25. The van der Waals surface area contributed by atoms with Crippen LogP contribution >= 0.6 is 0 Å². The van der Waals surface area contributed by atoms with Gasteiger partial charge in [0.15, 0.2) is 7.05 Å². The van der Waals surface area contributed by atoms with Crippen molar-refractivity contribution < 1.29 is 19.0 Å². The number of rotatable bonds is 2. The van der Waals surface area contributed by atoms with Gasteiger partial charge < -0.3 is 9.47 Å². The van der Waals surface area contributed by atoms with Gasteiger partial charge in [-0.2, -0.15) is 4.68 Å². The summed E-state index contributed by atoms with van der Waals surface area (Å²) in [5, 5.41) is 0.969. The molecule has 0 spiro atoms. The highest BCUT2D eigenvalue weighted by atomic mass is 16.5. The molecule has 90 valence electrons. The van der Waals surface area contributed by atoms with Crippen molar-refractivity contribution in [3.05, 3.63) is 23.9 Å². The molecule has 0 unspecified atom stereocenters. The first-order valence-electron chi connectivity index (χ1n) is 5.20. The smallest absolute Gasteiger partial charge is 0.341 e. The number of esters is 1. The molecule has 0 saturated carbocycles. The summed E-state index contributed by atoms with van der Waals surface area (Å²) in [6.07, 6.45) is 1.95. The van der Waals surface area contributed by atoms with Gasteiger partial charge in [-0.15, -0.1) is 4.68 Å². The zero-order valence-electron chi connectivity index (χ0n) is 10.4. The summed E-state index contributed by atoms with van der Waals surface area (Å²) >= 11 is 0. The minimum absolute atomic E-state index is 0.393. The van der Waals surface area contributed by atoms with Crippen molar-refractivity contribution >= 4 is 16.9 Å². The lowest BCUT2D eigenvalue weighted by Gasteiger charge is -2.06. The molecular formula is C12H15N2O3+. The Morgan fingerprint density at radius 2 is 2.06 bits per heavy atom. The van der Waals surface area contributed by atoms with Gasteiger partial charge in [-0.1, -0.05) is 0 Å². The summed E-state index contributed by atoms with van der Waals surface area (Å²) in [7, 11) is 6.78. The number of aromatic nitrogens is 2. The molecule has 0 atom stereocenters. The van der Waals surface area contributed by atoms with Crippen molar-refractivity contribution in [3.63, 3.8) is 0 Å². The van der Waals surface area contributed by atoms with Crippen LogP contribution in [-0.2, 0) is 18.8 Å². The van der Waals surface area contributed by atoms with E-state index in [0.29, 0.717) is 11.3 Å². The molecule has 1 aromatic carbocycles. The summed E-state index contributed by atoms with van der Waals surface area (Å²) in [6, 6.07) is 3.61. The molecule has 5 nitrogen and oxygen atoms in total. The van der Waals surface area contributed by atoms with Crippen LogP contribution in [0.4, 0.5) is 0 Å². The molecule has 0 saturated heterocycles. The Labute approximate surface area is 99.1 Å². The Morgan fingerprint density at radius 3 is 2.65 bits per heavy atom. The molecule has 2 rings (SSSR count). The zero-order valence-corrected chi connectivity index (χ0v) is 10.4. The van der Waals surface area contributed by atoms with Gasteiger partial charge >= 0.3 is 5.97 Å². The molecule has 1 heterocycles. The van der Waals surface area contributed by atoms with Crippen LogP contribution in [0, 0.1) is 0 Å². The lowest BCUT2D eigenvalue weighted by atomic mass is 10.1. The number of hydrogen-bond acceptors (Lipinski definition) is 3. The highest BCUT2D eigenvalue weighted by molar-refractivity contribution is 5.97. The van der Waals surface area contributed by atoms with Crippen molar-refractivity contribution in [3.8, 4) is 5.75 Å². The zero-order chi connectivity index (χ0) is 12.6. The Kier molecular flexibility index (Phi) is 2.75. The van der Waals surface area contributed by atoms with E-state index in [0.717, 1.165) is 10.9 Å². The first kappa shape index (κ1) is 11.4. The van der Waals surface area contributed by atoms with E-state index < -0.39 is 5.97 Å². The predicted octanol–water partition coefficient (Wildman–Crippen LogP) is 0.798. The molecule has 0 fully saturated rings. The summed E-state index contributed by atoms with van der Waals surface area (Å²) in [5.74, 6) is 0.126. The van der Waals surface area contributed by atoms with Gasteiger partial charge in [0.05, 0.1) is 26.7 Å². The van der Waals surface area contributed by atoms with Crippen molar-refractivity contribution in [2.45, 2.75) is 0 Å². The molecule has 5 heteroatoms. The lowest BCUT2D eigenvalue weighted by Crippen LogP contribution is -2.35. The van der Waals surface area contributed by atoms with E-state index in [1.165, 1.54) is 14.2 Å². The fraction of sp³-hybridized carbons (Fsp3) is 0.333. The topological polar surface area (TPSA) is 44.3 Å². The summed E-state index contributed by atoms with van der Waals surface area (Å²) in [6.45, 7) is 0. The monoisotopic (exact) mass is 235 g/mol. The van der Waals surface area contributed by atoms with Gasteiger partial charge in [0, 0.05) is 6.07 Å². The van der Waals surface area contributed by atoms with Crippen LogP contribution in [0.25, 0.3) is 10.9 Å². The maximum absolute atomic E-state index is 11.6. The Balaban J connectivity index is 2.73. The SMILES string of the molecule is COC(=O)c1cc2c[n+](C)n(C)c2cc1OC. The largest absolute Gasteiger partial charge is 0.496 e. The number of methoxy groups -OCH3 is 2. The number of ether oxygens (including phenoxy) is 2. The lowest BCUT2D eigenvalue weighted by molar-refractivity contribution is -0.748. The fourth-order valence-electron chi connectivity index (χ4n) is 1.87. The van der Waals surface area contributed by atoms with Crippen LogP contribution < -0.4 is 9.42 Å². The number of carbonyl (C=O) groups excluding carboxylic acids is 1. The molecule has 0 aliphatic carbocycles. The molecule has 0 radical (unpaired) electrons. The third-order valence-electron chi connectivity index (χ3n) is 2.90. The maximum Gasteiger partial charge on any atom is 0.341 e. The standard InChI is InChI=1S/C12H15N2O3/c1-13-7-8-5-9(12(15)17-4)11(16-3)6-10(8)14(13)2/h5-7H,1-4H3/q+1. The second-order valence-electron chi connectivity index (χ2n) is 3.83. The Morgan fingerprint density at radius 1 is 1.35 bits per heavy atom. The second kappa shape index (κ2) is 4.08. The highest BCUT2D eigenvalue weighted by Gasteiger charge is 2.18. The molecule has 17 heavy (non-hydrogen) atoms. The number of aryl methyl sites for hydroxylation is 2. The molecule has 0 amide bonds. The number of nitrogens with zero attached hydrogens (tertiary/aromatic N) is 2. The first-order chi connectivity index (χ1) is 8.08. The van der Waals surface area contributed by atoms with E-state index in [4.69, 9.17) is 9.47 Å². The van der Waals surface area contributed by atoms with Crippen molar-refractivity contribution in [2.24, 2.45) is 14.1 Å². The van der Waals surface area contributed by atoms with E-state index in [-0.39, 0.29) is 0 Å². The maximum atomic E-state index is 11.6. The molecule has 2 aromatic rings. The first-order valence-corrected chi connectivity index (χ1v) is 5.20. The van der Waals surface area contributed by atoms with Gasteiger partial charge in [0.2, 0.25) is 6.20 Å². The minimum atomic E-state index is -0.393. The second-order valence-corrected chi connectivity index (χ2v) is 3.83. The van der Waals surface area contributed by atoms with Gasteiger partial charge in [0.1, 0.15) is 16.8 Å². The number of hydrogen-bond donors (Lipinski definition) is 0. The third-order valence-corrected chi connectivity index (χ3v) is 2.90. The van der Waals surface area contributed by atoms with Crippen molar-refractivity contribution in [2.75, 3.05) is 14.2 Å². The quantitative estimate of drug-likeness (QED) is 0.571. The van der Waals surface area contributed by atoms with Crippen LogP contribution in [0.3, 0.4) is 0 Å². The normalized spacial score (nSPS) is 10.6. The molecule has 0 N–H and O–H groups in total. The summed E-state index contributed by atoms with van der Waals surface area (Å²) in [4.78, 5) is 11.6. The average Bonchev–Trinajstić information content (AvgIpc) is 2.62. The van der Waals surface area contributed by atoms with E-state index in [1.54, 1.807) is 6.07 Å². The van der Waals surface area contributed by atoms with E-state index in [9.17, 15) is 4.79 Å². The molecular weight excluding hydrogens is 220 g/mol. The number of fused-ring (bicyclic) bond motifs is 1. The molecule has 0 aliphatic heterocycles. The van der Waals surface area contributed by atoms with Gasteiger partial charge in [-0.05, 0) is 6.07 Å². The summed E-state index contributed by atoms with van der Waals surface area (Å²) in [5.41, 5.74) is 1.44. The van der Waals surface area contributed by atoms with E-state index in [1.807, 2.05) is 35.7 Å². The van der Waals surface area contributed by atoms with Crippen molar-refractivity contribution in [1.82, 2.24) is 4.68 Å². The summed E-state index contributed by atoms with van der Waals surface area (Å²) < 4.78 is 13.9. The third kappa shape index (κ3) is 1.73. The van der Waals surface area contributed by atoms with Gasteiger partial charge in [0.25, 0.3) is 0 Å². The molecule has 0 bridgehead atoms. The number of benzene rings is 1. The van der Waals surface area contributed by atoms with Crippen LogP contribution in [0.5, 0.6) is 5.75 Å². The van der Waals surface area contributed by atoms with Crippen LogP contribution in [-0.4, -0.2) is 24.9 Å². The van der Waals surface area contributed by atoms with Gasteiger partial charge in [-0.25, -0.2) is 4.79 Å². The predicted molar refractivity (Wildman–Crippen MR) is 62.0 cm³/mol. The Bertz CT molecular complexity index is 587. The van der Waals surface area contributed by atoms with Gasteiger partial charge in [-0.3, -0.25) is 0 Å². The number of carbonyl (C=O) groups is 1. The average molecular weight is 235 g/mol. The Hall–Kier alpha value is -2.04. The minimum Gasteiger partial charge on any atom is -0.496 e. The molecule has 1 aromatic heterocycles. The van der Waals surface area contributed by atoms with E-state index >= 15 is 0 Å². The van der Waals surface area contributed by atoms with Crippen LogP contribution in [0.1, 0.15) is 10.4 Å².